The minimum absolute atomic E-state index is 0.214. The monoisotopic (exact) mass is 280 g/mol. The van der Waals surface area contributed by atoms with Gasteiger partial charge in [-0.25, -0.2) is 4.98 Å². The van der Waals surface area contributed by atoms with Gasteiger partial charge in [0.25, 0.3) is 5.91 Å². The van der Waals surface area contributed by atoms with Crippen molar-refractivity contribution in [3.05, 3.63) is 54.2 Å². The van der Waals surface area contributed by atoms with Crippen molar-refractivity contribution in [1.82, 2.24) is 4.98 Å². The van der Waals surface area contributed by atoms with E-state index in [0.29, 0.717) is 18.1 Å². The molecule has 5 heteroatoms. The molecule has 1 N–H and O–H groups in total. The summed E-state index contributed by atoms with van der Waals surface area (Å²) in [5, 5.41) is 11.7. The predicted octanol–water partition coefficient (Wildman–Crippen LogP) is 2.68. The number of amides is 1. The van der Waals surface area contributed by atoms with Crippen LogP contribution in [0.1, 0.15) is 16.9 Å². The molecule has 1 aromatic carbocycles. The molecule has 0 unspecified atom stereocenters. The number of aromatic nitrogens is 1. The van der Waals surface area contributed by atoms with E-state index in [0.717, 1.165) is 5.69 Å². The summed E-state index contributed by atoms with van der Waals surface area (Å²) in [5.41, 5.74) is 1.11. The molecule has 0 atom stereocenters. The summed E-state index contributed by atoms with van der Waals surface area (Å²) in [6.07, 6.45) is 0.270. The van der Waals surface area contributed by atoms with Crippen LogP contribution in [0.5, 0.6) is 0 Å². The van der Waals surface area contributed by atoms with Crippen molar-refractivity contribution in [2.24, 2.45) is 0 Å². The number of nitriles is 1. The van der Waals surface area contributed by atoms with Gasteiger partial charge < -0.3 is 10.2 Å². The second kappa shape index (κ2) is 7.06. The maximum atomic E-state index is 12.6. The van der Waals surface area contributed by atoms with Gasteiger partial charge >= 0.3 is 0 Å². The van der Waals surface area contributed by atoms with E-state index in [1.807, 2.05) is 30.3 Å². The lowest BCUT2D eigenvalue weighted by molar-refractivity contribution is 0.0983. The molecule has 5 nitrogen and oxygen atoms in total. The van der Waals surface area contributed by atoms with E-state index in [2.05, 4.69) is 16.4 Å². The lowest BCUT2D eigenvalue weighted by atomic mass is 10.2. The number of para-hydroxylation sites is 1. The van der Waals surface area contributed by atoms with Gasteiger partial charge in [0, 0.05) is 19.3 Å². The maximum Gasteiger partial charge on any atom is 0.276 e. The molecule has 1 heterocycles. The van der Waals surface area contributed by atoms with Crippen molar-refractivity contribution in [3.8, 4) is 6.07 Å². The van der Waals surface area contributed by atoms with Gasteiger partial charge in [0.05, 0.1) is 12.5 Å². The molecule has 21 heavy (non-hydrogen) atoms. The van der Waals surface area contributed by atoms with Crippen LogP contribution in [0.3, 0.4) is 0 Å². The Balaban J connectivity index is 2.32. The lowest BCUT2D eigenvalue weighted by Crippen LogP contribution is -2.32. The Morgan fingerprint density at radius 1 is 1.24 bits per heavy atom. The molecule has 0 bridgehead atoms. The first-order chi connectivity index (χ1) is 10.3. The van der Waals surface area contributed by atoms with Crippen molar-refractivity contribution < 1.29 is 4.79 Å². The Bertz CT molecular complexity index is 649. The summed E-state index contributed by atoms with van der Waals surface area (Å²) >= 11 is 0. The molecule has 0 aliphatic rings. The number of carbonyl (C=O) groups excluding carboxylic acids is 1. The molecule has 106 valence electrons. The highest BCUT2D eigenvalue weighted by Crippen LogP contribution is 2.17. The van der Waals surface area contributed by atoms with Gasteiger partial charge in [-0.2, -0.15) is 5.26 Å². The highest BCUT2D eigenvalue weighted by Gasteiger charge is 2.18. The Hall–Kier alpha value is -2.87. The smallest absolute Gasteiger partial charge is 0.276 e. The number of pyridine rings is 1. The fourth-order valence-corrected chi connectivity index (χ4v) is 1.95. The number of hydrogen-bond acceptors (Lipinski definition) is 4. The van der Waals surface area contributed by atoms with Crippen LogP contribution in [0.2, 0.25) is 0 Å². The third-order valence-electron chi connectivity index (χ3n) is 2.98. The van der Waals surface area contributed by atoms with Crippen LogP contribution < -0.4 is 10.2 Å². The minimum Gasteiger partial charge on any atom is -0.373 e. The Labute approximate surface area is 123 Å². The normalized spacial score (nSPS) is 9.71. The first-order valence-electron chi connectivity index (χ1n) is 6.65. The van der Waals surface area contributed by atoms with Gasteiger partial charge in [0.1, 0.15) is 11.5 Å². The van der Waals surface area contributed by atoms with E-state index in [1.165, 1.54) is 0 Å². The van der Waals surface area contributed by atoms with E-state index in [-0.39, 0.29) is 12.3 Å². The average Bonchev–Trinajstić information content (AvgIpc) is 2.56. The Morgan fingerprint density at radius 3 is 2.67 bits per heavy atom. The molecular formula is C16H16N4O. The standard InChI is InChI=1S/C16H16N4O/c1-18-15-10-5-9-14(19-15)16(21)20(12-6-11-17)13-7-3-2-4-8-13/h2-5,7-10H,6,12H2,1H3,(H,18,19). The van der Waals surface area contributed by atoms with E-state index in [1.54, 1.807) is 30.1 Å². The van der Waals surface area contributed by atoms with E-state index in [4.69, 9.17) is 5.26 Å². The molecule has 0 fully saturated rings. The van der Waals surface area contributed by atoms with Crippen LogP contribution >= 0.6 is 0 Å². The molecule has 0 saturated heterocycles. The summed E-state index contributed by atoms with van der Waals surface area (Å²) in [6.45, 7) is 0.338. The minimum atomic E-state index is -0.214. The summed E-state index contributed by atoms with van der Waals surface area (Å²) < 4.78 is 0. The number of hydrogen-bond donors (Lipinski definition) is 1. The topological polar surface area (TPSA) is 69.0 Å². The highest BCUT2D eigenvalue weighted by molar-refractivity contribution is 6.05. The predicted molar refractivity (Wildman–Crippen MR) is 82.1 cm³/mol. The molecule has 0 saturated carbocycles. The third kappa shape index (κ3) is 3.57. The largest absolute Gasteiger partial charge is 0.373 e. The third-order valence-corrected chi connectivity index (χ3v) is 2.98. The van der Waals surface area contributed by atoms with Gasteiger partial charge in [-0.05, 0) is 24.3 Å². The average molecular weight is 280 g/mol. The number of carbonyl (C=O) groups is 1. The molecule has 0 aliphatic carbocycles. The van der Waals surface area contributed by atoms with Crippen molar-refractivity contribution in [3.63, 3.8) is 0 Å². The zero-order valence-corrected chi connectivity index (χ0v) is 11.8. The van der Waals surface area contributed by atoms with Crippen molar-refractivity contribution in [2.75, 3.05) is 23.8 Å². The second-order valence-electron chi connectivity index (χ2n) is 4.36. The van der Waals surface area contributed by atoms with Crippen molar-refractivity contribution >= 4 is 17.4 Å². The molecular weight excluding hydrogens is 264 g/mol. The highest BCUT2D eigenvalue weighted by atomic mass is 16.2. The summed E-state index contributed by atoms with van der Waals surface area (Å²) in [5.74, 6) is 0.419. The van der Waals surface area contributed by atoms with Crippen LogP contribution in [0.15, 0.2) is 48.5 Å². The molecule has 1 aromatic heterocycles. The maximum absolute atomic E-state index is 12.6. The van der Waals surface area contributed by atoms with Crippen molar-refractivity contribution in [1.29, 1.82) is 5.26 Å². The molecule has 2 aromatic rings. The van der Waals surface area contributed by atoms with Crippen LogP contribution in [0.4, 0.5) is 11.5 Å². The van der Waals surface area contributed by atoms with Crippen molar-refractivity contribution in [2.45, 2.75) is 6.42 Å². The number of benzene rings is 1. The van der Waals surface area contributed by atoms with Gasteiger partial charge in [-0.3, -0.25) is 4.79 Å². The lowest BCUT2D eigenvalue weighted by Gasteiger charge is -2.21. The number of anilines is 2. The van der Waals surface area contributed by atoms with Gasteiger partial charge in [-0.15, -0.1) is 0 Å². The number of rotatable bonds is 5. The molecule has 0 spiro atoms. The summed E-state index contributed by atoms with van der Waals surface area (Å²) in [6, 6.07) is 16.6. The fraction of sp³-hybridized carbons (Fsp3) is 0.188. The van der Waals surface area contributed by atoms with Gasteiger partial charge in [0.2, 0.25) is 0 Å². The summed E-state index contributed by atoms with van der Waals surface area (Å²) in [7, 11) is 1.75. The zero-order valence-electron chi connectivity index (χ0n) is 11.8. The van der Waals surface area contributed by atoms with Crippen LogP contribution in [0.25, 0.3) is 0 Å². The quantitative estimate of drug-likeness (QED) is 0.914. The zero-order chi connectivity index (χ0) is 15.1. The first-order valence-corrected chi connectivity index (χ1v) is 6.65. The molecule has 1 amide bonds. The van der Waals surface area contributed by atoms with E-state index < -0.39 is 0 Å². The first kappa shape index (κ1) is 14.5. The Morgan fingerprint density at radius 2 is 2.00 bits per heavy atom. The number of nitrogens with zero attached hydrogens (tertiary/aromatic N) is 3. The van der Waals surface area contributed by atoms with E-state index >= 15 is 0 Å². The molecule has 2 rings (SSSR count). The van der Waals surface area contributed by atoms with Crippen LogP contribution in [-0.4, -0.2) is 24.5 Å². The SMILES string of the molecule is CNc1cccc(C(=O)N(CCC#N)c2ccccc2)n1. The van der Waals surface area contributed by atoms with E-state index in [9.17, 15) is 4.79 Å². The number of nitrogens with one attached hydrogen (secondary N) is 1. The Kier molecular flexibility index (Phi) is 4.89. The summed E-state index contributed by atoms with van der Waals surface area (Å²) in [4.78, 5) is 18.5. The van der Waals surface area contributed by atoms with Crippen LogP contribution in [-0.2, 0) is 0 Å². The second-order valence-corrected chi connectivity index (χ2v) is 4.36. The van der Waals surface area contributed by atoms with Crippen LogP contribution in [0, 0.1) is 11.3 Å². The molecule has 0 aliphatic heterocycles. The molecule has 0 radical (unpaired) electrons. The van der Waals surface area contributed by atoms with Gasteiger partial charge in [0.15, 0.2) is 0 Å². The fourth-order valence-electron chi connectivity index (χ4n) is 1.95. The van der Waals surface area contributed by atoms with Gasteiger partial charge in [-0.1, -0.05) is 24.3 Å².